The fraction of sp³-hybridized carbons (Fsp3) is 0.487. The quantitative estimate of drug-likeness (QED) is 0.120. The highest BCUT2D eigenvalue weighted by molar-refractivity contribution is 5.97. The lowest BCUT2D eigenvalue weighted by molar-refractivity contribution is -0.144. The molecule has 3 aromatic rings. The van der Waals surface area contributed by atoms with Crippen LogP contribution in [-0.2, 0) is 41.6 Å². The van der Waals surface area contributed by atoms with Crippen molar-refractivity contribution in [1.29, 1.82) is 0 Å². The standard InChI is InChI=1S/C39H51N7O8/c1-4-22(2)33(36(50)43-30(39(53)54)19-24-13-15-26(47)16-14-24)44-35(49)32-12-7-17-45(32)37(51)23(3)42-34(48)31-11-8-18-46(31)38(52)28(40)20-25-21-41-29-10-6-5-9-27(25)29/h5-6,9-10,13-16,21-23,28,30-33,41,47H,4,7-8,11-12,17-20,40H2,1-3H3,(H,42,48)(H,43,50)(H,44,49)(H,53,54)/t22-,23-,28-,30-,31-,32-,33-/m0/s1. The summed E-state index contributed by atoms with van der Waals surface area (Å²) in [7, 11) is 0. The molecular formula is C39H51N7O8. The van der Waals surface area contributed by atoms with Gasteiger partial charge in [-0.3, -0.25) is 24.0 Å². The van der Waals surface area contributed by atoms with Crippen molar-refractivity contribution in [3.05, 3.63) is 65.9 Å². The van der Waals surface area contributed by atoms with Gasteiger partial charge in [0.25, 0.3) is 0 Å². The number of carbonyl (C=O) groups excluding carboxylic acids is 5. The number of rotatable bonds is 15. The summed E-state index contributed by atoms with van der Waals surface area (Å²) in [6.07, 6.45) is 4.48. The lowest BCUT2D eigenvalue weighted by Crippen LogP contribution is -2.59. The third-order valence-electron chi connectivity index (χ3n) is 10.6. The molecule has 3 heterocycles. The first-order valence-electron chi connectivity index (χ1n) is 18.6. The molecule has 290 valence electrons. The van der Waals surface area contributed by atoms with E-state index in [0.29, 0.717) is 50.6 Å². The molecule has 2 aliphatic heterocycles. The summed E-state index contributed by atoms with van der Waals surface area (Å²) in [5, 5.41) is 28.5. The van der Waals surface area contributed by atoms with Gasteiger partial charge in [0, 0.05) is 36.6 Å². The van der Waals surface area contributed by atoms with Crippen molar-refractivity contribution in [2.75, 3.05) is 13.1 Å². The fourth-order valence-corrected chi connectivity index (χ4v) is 7.34. The predicted molar refractivity (Wildman–Crippen MR) is 200 cm³/mol. The maximum absolute atomic E-state index is 13.7. The molecule has 15 nitrogen and oxygen atoms in total. The molecule has 0 spiro atoms. The van der Waals surface area contributed by atoms with Crippen LogP contribution in [0.2, 0.25) is 0 Å². The van der Waals surface area contributed by atoms with Crippen LogP contribution >= 0.6 is 0 Å². The highest BCUT2D eigenvalue weighted by Gasteiger charge is 2.41. The van der Waals surface area contributed by atoms with E-state index in [9.17, 15) is 39.0 Å². The van der Waals surface area contributed by atoms with Gasteiger partial charge in [-0.05, 0) is 74.3 Å². The number of phenols is 1. The predicted octanol–water partition coefficient (Wildman–Crippen LogP) is 1.57. The molecule has 8 N–H and O–H groups in total. The van der Waals surface area contributed by atoms with E-state index < -0.39 is 65.8 Å². The normalized spacial score (nSPS) is 19.8. The van der Waals surface area contributed by atoms with Gasteiger partial charge < -0.3 is 46.7 Å². The second kappa shape index (κ2) is 17.6. The van der Waals surface area contributed by atoms with E-state index in [1.54, 1.807) is 19.1 Å². The Hall–Kier alpha value is -5.44. The monoisotopic (exact) mass is 745 g/mol. The highest BCUT2D eigenvalue weighted by Crippen LogP contribution is 2.24. The van der Waals surface area contributed by atoms with E-state index in [-0.39, 0.29) is 30.5 Å². The molecule has 0 saturated carbocycles. The van der Waals surface area contributed by atoms with E-state index in [4.69, 9.17) is 5.73 Å². The SMILES string of the molecule is CC[C@H](C)[C@H](NC(=O)[C@@H]1CCCN1C(=O)[C@H](C)NC(=O)[C@@H]1CCCN1C(=O)[C@@H](N)Cc1c[nH]c2ccccc12)C(=O)N[C@@H](Cc1ccc(O)cc1)C(=O)O. The zero-order valence-electron chi connectivity index (χ0n) is 30.9. The number of carboxylic acids is 1. The average Bonchev–Trinajstić information content (AvgIpc) is 3.94. The number of aromatic amines is 1. The third kappa shape index (κ3) is 9.19. The Kier molecular flexibility index (Phi) is 13.0. The molecule has 0 radical (unpaired) electrons. The van der Waals surface area contributed by atoms with Crippen LogP contribution in [0.15, 0.2) is 54.7 Å². The van der Waals surface area contributed by atoms with Gasteiger partial charge in [-0.2, -0.15) is 0 Å². The number of nitrogens with two attached hydrogens (primary N) is 1. The van der Waals surface area contributed by atoms with Gasteiger partial charge in [-0.1, -0.05) is 50.6 Å². The van der Waals surface area contributed by atoms with Crippen LogP contribution in [0.5, 0.6) is 5.75 Å². The lowest BCUT2D eigenvalue weighted by Gasteiger charge is -2.31. The first kappa shape index (κ1) is 39.8. The molecule has 2 aromatic carbocycles. The Morgan fingerprint density at radius 3 is 2.09 bits per heavy atom. The van der Waals surface area contributed by atoms with Gasteiger partial charge in [0.15, 0.2) is 0 Å². The number of nitrogens with one attached hydrogen (secondary N) is 4. The molecule has 5 amide bonds. The smallest absolute Gasteiger partial charge is 0.326 e. The van der Waals surface area contributed by atoms with Crippen LogP contribution in [0.1, 0.15) is 64.0 Å². The summed E-state index contributed by atoms with van der Waals surface area (Å²) in [5.74, 6) is -4.12. The Labute approximate surface area is 314 Å². The third-order valence-corrected chi connectivity index (χ3v) is 10.6. The topological polar surface area (TPSA) is 227 Å². The minimum absolute atomic E-state index is 0.0245. The summed E-state index contributed by atoms with van der Waals surface area (Å²) in [5.41, 5.74) is 8.81. The summed E-state index contributed by atoms with van der Waals surface area (Å²) < 4.78 is 0. The van der Waals surface area contributed by atoms with Gasteiger partial charge in [0.1, 0.15) is 36.0 Å². The number of carboxylic acid groups (broad SMARTS) is 1. The summed E-state index contributed by atoms with van der Waals surface area (Å²) in [6.45, 7) is 5.77. The number of aromatic nitrogens is 1. The first-order valence-corrected chi connectivity index (χ1v) is 18.6. The number of hydrogen-bond donors (Lipinski definition) is 7. The number of phenolic OH excluding ortho intramolecular Hbond substituents is 1. The second-order valence-electron chi connectivity index (χ2n) is 14.4. The van der Waals surface area contributed by atoms with Crippen LogP contribution < -0.4 is 21.7 Å². The van der Waals surface area contributed by atoms with E-state index >= 15 is 0 Å². The average molecular weight is 746 g/mol. The number of amides is 5. The molecule has 7 atom stereocenters. The molecule has 0 unspecified atom stereocenters. The number of likely N-dealkylation sites (tertiary alicyclic amines) is 2. The van der Waals surface area contributed by atoms with Crippen molar-refractivity contribution in [1.82, 2.24) is 30.7 Å². The van der Waals surface area contributed by atoms with Crippen molar-refractivity contribution in [2.45, 2.75) is 102 Å². The van der Waals surface area contributed by atoms with E-state index in [0.717, 1.165) is 16.5 Å². The fourth-order valence-electron chi connectivity index (χ4n) is 7.34. The van der Waals surface area contributed by atoms with E-state index in [2.05, 4.69) is 20.9 Å². The summed E-state index contributed by atoms with van der Waals surface area (Å²) in [4.78, 5) is 86.0. The zero-order chi connectivity index (χ0) is 39.1. The molecule has 0 bridgehead atoms. The van der Waals surface area contributed by atoms with Crippen molar-refractivity contribution in [2.24, 2.45) is 11.7 Å². The van der Waals surface area contributed by atoms with Crippen LogP contribution in [0.4, 0.5) is 0 Å². The van der Waals surface area contributed by atoms with Crippen molar-refractivity contribution >= 4 is 46.4 Å². The molecule has 54 heavy (non-hydrogen) atoms. The van der Waals surface area contributed by atoms with Crippen LogP contribution in [-0.4, -0.2) is 110 Å². The minimum Gasteiger partial charge on any atom is -0.508 e. The number of nitrogens with zero attached hydrogens (tertiary/aromatic N) is 2. The van der Waals surface area contributed by atoms with Crippen molar-refractivity contribution in [3.63, 3.8) is 0 Å². The van der Waals surface area contributed by atoms with Gasteiger partial charge in [0.2, 0.25) is 29.5 Å². The molecule has 2 saturated heterocycles. The molecule has 1 aromatic heterocycles. The Balaban J connectivity index is 1.18. The zero-order valence-corrected chi connectivity index (χ0v) is 30.9. The highest BCUT2D eigenvalue weighted by atomic mass is 16.4. The largest absolute Gasteiger partial charge is 0.508 e. The summed E-state index contributed by atoms with van der Waals surface area (Å²) in [6, 6.07) is 7.76. The van der Waals surface area contributed by atoms with E-state index in [1.165, 1.54) is 28.9 Å². The van der Waals surface area contributed by atoms with Gasteiger partial charge in [0.05, 0.1) is 6.04 Å². The van der Waals surface area contributed by atoms with Gasteiger partial charge in [-0.15, -0.1) is 0 Å². The number of hydrogen-bond acceptors (Lipinski definition) is 8. The first-order chi connectivity index (χ1) is 25.8. The molecule has 0 aliphatic carbocycles. The number of fused-ring (bicyclic) bond motifs is 1. The van der Waals surface area contributed by atoms with Crippen molar-refractivity contribution < 1.29 is 39.0 Å². The Morgan fingerprint density at radius 1 is 0.852 bits per heavy atom. The van der Waals surface area contributed by atoms with Crippen LogP contribution in [0.3, 0.4) is 0 Å². The molecule has 15 heteroatoms. The van der Waals surface area contributed by atoms with Gasteiger partial charge >= 0.3 is 5.97 Å². The number of para-hydroxylation sites is 1. The Bertz CT molecular complexity index is 1850. The van der Waals surface area contributed by atoms with Crippen LogP contribution in [0.25, 0.3) is 10.9 Å². The van der Waals surface area contributed by atoms with Gasteiger partial charge in [-0.25, -0.2) is 4.79 Å². The minimum atomic E-state index is -1.29. The Morgan fingerprint density at radius 2 is 1.46 bits per heavy atom. The maximum Gasteiger partial charge on any atom is 0.326 e. The number of aromatic hydroxyl groups is 1. The number of carbonyl (C=O) groups is 6. The molecular weight excluding hydrogens is 694 g/mol. The summed E-state index contributed by atoms with van der Waals surface area (Å²) >= 11 is 0. The van der Waals surface area contributed by atoms with Crippen molar-refractivity contribution in [3.8, 4) is 5.75 Å². The lowest BCUT2D eigenvalue weighted by atomic mass is 9.96. The molecule has 5 rings (SSSR count). The maximum atomic E-state index is 13.7. The molecule has 2 fully saturated rings. The second-order valence-corrected chi connectivity index (χ2v) is 14.4. The van der Waals surface area contributed by atoms with Crippen LogP contribution in [0, 0.1) is 5.92 Å². The molecule has 2 aliphatic rings. The number of H-pyrrole nitrogens is 1. The number of benzene rings is 2. The van der Waals surface area contributed by atoms with E-state index in [1.807, 2.05) is 37.4 Å². The number of aliphatic carboxylic acids is 1.